The summed E-state index contributed by atoms with van der Waals surface area (Å²) < 4.78 is 5.09. The van der Waals surface area contributed by atoms with Crippen LogP contribution in [-0.2, 0) is 42.2 Å². The van der Waals surface area contributed by atoms with Gasteiger partial charge in [-0.1, -0.05) is 6.92 Å². The van der Waals surface area contributed by atoms with Gasteiger partial charge in [-0.3, -0.25) is 10.7 Å². The van der Waals surface area contributed by atoms with Crippen LogP contribution in [0.1, 0.15) is 27.2 Å². The van der Waals surface area contributed by atoms with E-state index in [2.05, 4.69) is 19.2 Å². The molecule has 0 spiro atoms. The molecule has 0 amide bonds. The van der Waals surface area contributed by atoms with Crippen LogP contribution in [0, 0.1) is 5.92 Å². The Morgan fingerprint density at radius 3 is 2.57 bits per heavy atom. The number of ketones is 1. The van der Waals surface area contributed by atoms with Crippen LogP contribution >= 0.6 is 0 Å². The molecule has 79 valence electrons. The summed E-state index contributed by atoms with van der Waals surface area (Å²) in [4.78, 5) is 11.5. The number of hydrogen-bond donors (Lipinski definition) is 1. The number of Topliss-reactive ketones (excluding diaryl/α,β-unsaturated/α-hetero) is 1. The predicted octanol–water partition coefficient (Wildman–Crippen LogP) is 0.934. The van der Waals surface area contributed by atoms with Crippen molar-refractivity contribution in [3.63, 3.8) is 0 Å². The van der Waals surface area contributed by atoms with E-state index in [1.807, 2.05) is 0 Å². The second-order valence-electron chi connectivity index (χ2n) is 3.96. The van der Waals surface area contributed by atoms with E-state index in [-0.39, 0.29) is 38.5 Å². The van der Waals surface area contributed by atoms with Crippen LogP contribution in [0.2, 0.25) is 0 Å². The Bertz CT molecular complexity index is 198. The van der Waals surface area contributed by atoms with Gasteiger partial charge < -0.3 is 10.1 Å². The van der Waals surface area contributed by atoms with Gasteiger partial charge >= 0.3 is 0 Å². The van der Waals surface area contributed by atoms with Crippen molar-refractivity contribution in [3.05, 3.63) is 5.92 Å². The minimum Gasteiger partial charge on any atom is -0.382 e. The summed E-state index contributed by atoms with van der Waals surface area (Å²) in [6.07, 6.45) is 0.803. The number of rotatable bonds is 3. The Kier molecular flexibility index (Phi) is 5.97. The molecule has 1 aliphatic rings. The number of methoxy groups -OCH3 is 1. The van der Waals surface area contributed by atoms with Gasteiger partial charge in [-0.2, -0.15) is 6.92 Å². The summed E-state index contributed by atoms with van der Waals surface area (Å²) in [7, 11) is 1.63. The van der Waals surface area contributed by atoms with Gasteiger partial charge in [0.1, 0.15) is 5.78 Å². The van der Waals surface area contributed by atoms with Crippen LogP contribution in [0.25, 0.3) is 0 Å². The maximum Gasteiger partial charge on any atom is 0.149 e. The van der Waals surface area contributed by atoms with Crippen molar-refractivity contribution in [3.8, 4) is 0 Å². The Morgan fingerprint density at radius 2 is 2.29 bits per heavy atom. The summed E-state index contributed by atoms with van der Waals surface area (Å²) in [5.41, 5.74) is -0.460. The minimum absolute atomic E-state index is 0. The smallest absolute Gasteiger partial charge is 0.149 e. The molecule has 0 bridgehead atoms. The first-order chi connectivity index (χ1) is 6.02. The number of ether oxygens (including phenoxy) is 1. The summed E-state index contributed by atoms with van der Waals surface area (Å²) >= 11 is 0. The Hall–Kier alpha value is 0.694. The molecule has 1 radical (unpaired) electrons. The van der Waals surface area contributed by atoms with E-state index in [4.69, 9.17) is 4.74 Å². The van der Waals surface area contributed by atoms with Crippen LogP contribution in [0.5, 0.6) is 0 Å². The summed E-state index contributed by atoms with van der Waals surface area (Å²) in [5, 5.41) is 3.31. The molecule has 1 heterocycles. The monoisotopic (exact) mass is 273 g/mol. The van der Waals surface area contributed by atoms with Gasteiger partial charge in [0.15, 0.2) is 0 Å². The summed E-state index contributed by atoms with van der Waals surface area (Å²) in [6, 6.07) is 0.319. The molecule has 1 N–H and O–H groups in total. The van der Waals surface area contributed by atoms with E-state index in [0.29, 0.717) is 12.6 Å². The fourth-order valence-electron chi connectivity index (χ4n) is 1.88. The van der Waals surface area contributed by atoms with Crippen molar-refractivity contribution in [2.45, 2.75) is 38.8 Å². The van der Waals surface area contributed by atoms with Gasteiger partial charge in [-0.25, -0.2) is 0 Å². The molecule has 4 heteroatoms. The summed E-state index contributed by atoms with van der Waals surface area (Å²) in [5.74, 6) is 1.49. The van der Waals surface area contributed by atoms with E-state index in [0.717, 1.165) is 6.42 Å². The Balaban J connectivity index is 0.00000169. The molecule has 1 fully saturated rings. The fourth-order valence-corrected chi connectivity index (χ4v) is 1.88. The molecular weight excluding hydrogens is 255 g/mol. The van der Waals surface area contributed by atoms with Crippen molar-refractivity contribution >= 4 is 5.78 Å². The first-order valence-corrected chi connectivity index (χ1v) is 4.62. The minimum atomic E-state index is -0.460. The Labute approximate surface area is 111 Å². The fraction of sp³-hybridized carbons (Fsp3) is 0.800. The zero-order valence-corrected chi connectivity index (χ0v) is 12.2. The average Bonchev–Trinajstić information content (AvgIpc) is 2.29. The molecule has 1 saturated heterocycles. The first kappa shape index (κ1) is 14.7. The number of hydrogen-bond acceptors (Lipinski definition) is 3. The first-order valence-electron chi connectivity index (χ1n) is 4.62. The molecule has 3 nitrogen and oxygen atoms in total. The summed E-state index contributed by atoms with van der Waals surface area (Å²) in [6.45, 7) is 6.25. The zero-order valence-electron chi connectivity index (χ0n) is 9.39. The van der Waals surface area contributed by atoms with Crippen molar-refractivity contribution in [1.82, 2.24) is 5.32 Å². The molecule has 0 aromatic carbocycles. The third-order valence-electron chi connectivity index (χ3n) is 2.88. The maximum absolute atomic E-state index is 11.5. The van der Waals surface area contributed by atoms with Crippen LogP contribution in [-0.4, -0.2) is 31.1 Å². The van der Waals surface area contributed by atoms with Gasteiger partial charge in [0, 0.05) is 39.8 Å². The molecule has 1 rings (SSSR count). The van der Waals surface area contributed by atoms with Crippen molar-refractivity contribution in [2.75, 3.05) is 13.7 Å². The quantitative estimate of drug-likeness (QED) is 0.778. The SMILES string of the molecule is COCC1(C(C)=O)C[C-](C)C(C)N1.[Y]. The van der Waals surface area contributed by atoms with Gasteiger partial charge in [-0.15, -0.1) is 12.5 Å². The number of nitrogens with one attached hydrogen (secondary N) is 1. The van der Waals surface area contributed by atoms with E-state index in [9.17, 15) is 4.79 Å². The molecule has 14 heavy (non-hydrogen) atoms. The third-order valence-corrected chi connectivity index (χ3v) is 2.88. The number of carbonyl (C=O) groups is 1. The zero-order chi connectivity index (χ0) is 10.1. The van der Waals surface area contributed by atoms with E-state index in [1.165, 1.54) is 5.92 Å². The van der Waals surface area contributed by atoms with Gasteiger partial charge in [0.25, 0.3) is 0 Å². The second-order valence-corrected chi connectivity index (χ2v) is 3.96. The average molecular weight is 273 g/mol. The Morgan fingerprint density at radius 1 is 1.71 bits per heavy atom. The van der Waals surface area contributed by atoms with Gasteiger partial charge in [-0.05, 0) is 6.92 Å². The molecule has 0 aromatic heterocycles. The molecule has 2 atom stereocenters. The second kappa shape index (κ2) is 5.69. The molecule has 0 aliphatic carbocycles. The van der Waals surface area contributed by atoms with Crippen molar-refractivity contribution in [2.24, 2.45) is 0 Å². The molecular formula is C10H18NO2Y-. The molecule has 2 unspecified atom stereocenters. The van der Waals surface area contributed by atoms with E-state index < -0.39 is 5.54 Å². The van der Waals surface area contributed by atoms with Crippen LogP contribution in [0.15, 0.2) is 0 Å². The van der Waals surface area contributed by atoms with Crippen LogP contribution < -0.4 is 5.32 Å². The van der Waals surface area contributed by atoms with E-state index >= 15 is 0 Å². The predicted molar refractivity (Wildman–Crippen MR) is 51.4 cm³/mol. The van der Waals surface area contributed by atoms with Gasteiger partial charge in [0.2, 0.25) is 0 Å². The van der Waals surface area contributed by atoms with Crippen molar-refractivity contribution < 1.29 is 42.2 Å². The largest absolute Gasteiger partial charge is 0.382 e. The normalized spacial score (nSPS) is 32.7. The van der Waals surface area contributed by atoms with Gasteiger partial charge in [0.05, 0.1) is 12.1 Å². The maximum atomic E-state index is 11.5. The van der Waals surface area contributed by atoms with Crippen LogP contribution in [0.3, 0.4) is 0 Å². The number of carbonyl (C=O) groups excluding carboxylic acids is 1. The third kappa shape index (κ3) is 2.85. The van der Waals surface area contributed by atoms with Crippen molar-refractivity contribution in [1.29, 1.82) is 0 Å². The molecule has 0 aromatic rings. The van der Waals surface area contributed by atoms with Crippen LogP contribution in [0.4, 0.5) is 0 Å². The molecule has 0 saturated carbocycles. The standard InChI is InChI=1S/C10H18NO2.Y/c1-7-5-10(6-13-4,9(3)12)11-8(7)2;/h8,11H,5-6H2,1-4H3;/q-1;. The van der Waals surface area contributed by atoms with E-state index in [1.54, 1.807) is 14.0 Å². The molecule has 1 aliphatic heterocycles. The topological polar surface area (TPSA) is 38.3 Å².